The van der Waals surface area contributed by atoms with Crippen LogP contribution < -0.4 is 5.32 Å². The summed E-state index contributed by atoms with van der Waals surface area (Å²) in [6, 6.07) is 10.6. The molecule has 132 valence electrons. The highest BCUT2D eigenvalue weighted by Gasteiger charge is 2.26. The van der Waals surface area contributed by atoms with Crippen molar-refractivity contribution in [3.05, 3.63) is 35.9 Å². The lowest BCUT2D eigenvalue weighted by molar-refractivity contribution is -0.127. The van der Waals surface area contributed by atoms with Crippen LogP contribution in [0.3, 0.4) is 0 Å². The molecule has 1 aliphatic heterocycles. The molecule has 24 heavy (non-hydrogen) atoms. The van der Waals surface area contributed by atoms with Gasteiger partial charge in [0.25, 0.3) is 0 Å². The van der Waals surface area contributed by atoms with Crippen molar-refractivity contribution in [3.8, 4) is 0 Å². The number of hydrogen-bond donors (Lipinski definition) is 1. The van der Waals surface area contributed by atoms with Crippen molar-refractivity contribution in [1.29, 1.82) is 0 Å². The lowest BCUT2D eigenvalue weighted by Gasteiger charge is -2.22. The predicted octanol–water partition coefficient (Wildman–Crippen LogP) is 1.16. The summed E-state index contributed by atoms with van der Waals surface area (Å²) < 4.78 is 5.10. The molecule has 1 N–H and O–H groups in total. The summed E-state index contributed by atoms with van der Waals surface area (Å²) in [4.78, 5) is 20.1. The largest absolute Gasteiger partial charge is 0.383 e. The number of methoxy groups -OCH3 is 1. The van der Waals surface area contributed by atoms with Gasteiger partial charge in [0.2, 0.25) is 5.91 Å². The standard InChI is InChI=1S/C18H28N4O2/c1-21(2)17(23)13-20-18(19-10-12-24-3)22-11-9-16(14-22)15-7-5-4-6-8-15/h4-8,16H,9-14H2,1-3H3,(H,19,20). The highest BCUT2D eigenvalue weighted by atomic mass is 16.5. The van der Waals surface area contributed by atoms with Crippen LogP contribution in [0.25, 0.3) is 0 Å². The van der Waals surface area contributed by atoms with Crippen LogP contribution in [0, 0.1) is 0 Å². The molecule has 0 radical (unpaired) electrons. The minimum Gasteiger partial charge on any atom is -0.383 e. The van der Waals surface area contributed by atoms with E-state index >= 15 is 0 Å². The number of likely N-dealkylation sites (N-methyl/N-ethyl adjacent to an activating group) is 1. The molecule has 1 amide bonds. The van der Waals surface area contributed by atoms with Gasteiger partial charge in [0.05, 0.1) is 6.61 Å². The number of rotatable bonds is 6. The molecule has 0 aliphatic carbocycles. The van der Waals surface area contributed by atoms with Crippen molar-refractivity contribution in [1.82, 2.24) is 15.1 Å². The molecule has 1 heterocycles. The second kappa shape index (κ2) is 9.27. The molecule has 1 saturated heterocycles. The molecule has 1 atom stereocenters. The molecule has 1 unspecified atom stereocenters. The van der Waals surface area contributed by atoms with Crippen LogP contribution in [0.1, 0.15) is 17.9 Å². The number of carbonyl (C=O) groups excluding carboxylic acids is 1. The monoisotopic (exact) mass is 332 g/mol. The van der Waals surface area contributed by atoms with Gasteiger partial charge in [-0.25, -0.2) is 4.99 Å². The van der Waals surface area contributed by atoms with E-state index < -0.39 is 0 Å². The Morgan fingerprint density at radius 3 is 2.79 bits per heavy atom. The minimum atomic E-state index is -0.000141. The first kappa shape index (κ1) is 18.3. The van der Waals surface area contributed by atoms with Crippen LogP contribution in [0.5, 0.6) is 0 Å². The second-order valence-corrected chi connectivity index (χ2v) is 6.19. The van der Waals surface area contributed by atoms with Gasteiger partial charge in [0, 0.05) is 46.8 Å². The van der Waals surface area contributed by atoms with Crippen molar-refractivity contribution in [2.75, 3.05) is 54.0 Å². The summed E-state index contributed by atoms with van der Waals surface area (Å²) in [5, 5.41) is 3.31. The molecule has 0 spiro atoms. The SMILES string of the molecule is COCCNC(=NCC(=O)N(C)C)N1CCC(c2ccccc2)C1. The molecule has 6 nitrogen and oxygen atoms in total. The fraction of sp³-hybridized carbons (Fsp3) is 0.556. The van der Waals surface area contributed by atoms with Crippen molar-refractivity contribution in [3.63, 3.8) is 0 Å². The van der Waals surface area contributed by atoms with Gasteiger partial charge >= 0.3 is 0 Å². The summed E-state index contributed by atoms with van der Waals surface area (Å²) in [6.45, 7) is 3.30. The molecular formula is C18H28N4O2. The van der Waals surface area contributed by atoms with E-state index in [9.17, 15) is 4.79 Å². The third-order valence-corrected chi connectivity index (χ3v) is 4.21. The van der Waals surface area contributed by atoms with Gasteiger partial charge in [0.15, 0.2) is 5.96 Å². The van der Waals surface area contributed by atoms with Gasteiger partial charge in [0.1, 0.15) is 6.54 Å². The minimum absolute atomic E-state index is 0.000141. The predicted molar refractivity (Wildman–Crippen MR) is 96.2 cm³/mol. The van der Waals surface area contributed by atoms with Crippen LogP contribution >= 0.6 is 0 Å². The normalized spacial score (nSPS) is 17.9. The van der Waals surface area contributed by atoms with Gasteiger partial charge in [-0.15, -0.1) is 0 Å². The Hall–Kier alpha value is -2.08. The smallest absolute Gasteiger partial charge is 0.243 e. The van der Waals surface area contributed by atoms with Gasteiger partial charge in [-0.3, -0.25) is 4.79 Å². The van der Waals surface area contributed by atoms with Crippen LogP contribution in [0.4, 0.5) is 0 Å². The Morgan fingerprint density at radius 2 is 2.12 bits per heavy atom. The maximum atomic E-state index is 11.8. The first-order valence-electron chi connectivity index (χ1n) is 8.39. The van der Waals surface area contributed by atoms with E-state index in [4.69, 9.17) is 4.74 Å². The van der Waals surface area contributed by atoms with Crippen LogP contribution in [0.15, 0.2) is 35.3 Å². The number of amides is 1. The summed E-state index contributed by atoms with van der Waals surface area (Å²) in [5.74, 6) is 1.30. The highest BCUT2D eigenvalue weighted by Crippen LogP contribution is 2.26. The van der Waals surface area contributed by atoms with E-state index in [1.165, 1.54) is 5.56 Å². The van der Waals surface area contributed by atoms with E-state index in [2.05, 4.69) is 39.5 Å². The number of hydrogen-bond acceptors (Lipinski definition) is 3. The molecular weight excluding hydrogens is 304 g/mol. The fourth-order valence-electron chi connectivity index (χ4n) is 2.77. The molecule has 1 aromatic rings. The zero-order valence-corrected chi connectivity index (χ0v) is 14.9. The zero-order chi connectivity index (χ0) is 17.4. The van der Waals surface area contributed by atoms with Crippen LogP contribution in [-0.4, -0.2) is 75.7 Å². The lowest BCUT2D eigenvalue weighted by Crippen LogP contribution is -2.42. The highest BCUT2D eigenvalue weighted by molar-refractivity contribution is 5.85. The molecule has 0 aromatic heterocycles. The number of aliphatic imine (C=N–C) groups is 1. The van der Waals surface area contributed by atoms with Gasteiger partial charge in [-0.05, 0) is 12.0 Å². The molecule has 1 fully saturated rings. The van der Waals surface area contributed by atoms with Gasteiger partial charge < -0.3 is 19.9 Å². The number of ether oxygens (including phenoxy) is 1. The Morgan fingerprint density at radius 1 is 1.38 bits per heavy atom. The lowest BCUT2D eigenvalue weighted by atomic mass is 9.99. The van der Waals surface area contributed by atoms with Crippen molar-refractivity contribution in [2.24, 2.45) is 4.99 Å². The fourth-order valence-corrected chi connectivity index (χ4v) is 2.77. The van der Waals surface area contributed by atoms with Crippen molar-refractivity contribution >= 4 is 11.9 Å². The topological polar surface area (TPSA) is 57.2 Å². The third kappa shape index (κ3) is 5.23. The molecule has 1 aromatic carbocycles. The average Bonchev–Trinajstić information content (AvgIpc) is 3.08. The maximum absolute atomic E-state index is 11.8. The van der Waals surface area contributed by atoms with E-state index in [0.29, 0.717) is 19.1 Å². The Kier molecular flexibility index (Phi) is 7.06. The Balaban J connectivity index is 2.01. The summed E-state index contributed by atoms with van der Waals surface area (Å²) in [6.07, 6.45) is 1.09. The Labute approximate surface area is 144 Å². The number of carbonyl (C=O) groups is 1. The second-order valence-electron chi connectivity index (χ2n) is 6.19. The summed E-state index contributed by atoms with van der Waals surface area (Å²) >= 11 is 0. The zero-order valence-electron chi connectivity index (χ0n) is 14.9. The van der Waals surface area contributed by atoms with Crippen LogP contribution in [0.2, 0.25) is 0 Å². The first-order valence-corrected chi connectivity index (χ1v) is 8.39. The summed E-state index contributed by atoms with van der Waals surface area (Å²) in [5.41, 5.74) is 1.36. The number of benzene rings is 1. The maximum Gasteiger partial charge on any atom is 0.243 e. The number of nitrogens with zero attached hydrogens (tertiary/aromatic N) is 3. The quantitative estimate of drug-likeness (QED) is 0.482. The van der Waals surface area contributed by atoms with E-state index in [0.717, 1.165) is 25.5 Å². The molecule has 2 rings (SSSR count). The molecule has 0 saturated carbocycles. The molecule has 6 heteroatoms. The van der Waals surface area contributed by atoms with Crippen molar-refractivity contribution < 1.29 is 9.53 Å². The van der Waals surface area contributed by atoms with Gasteiger partial charge in [-0.2, -0.15) is 0 Å². The Bertz CT molecular complexity index is 545. The molecule has 1 aliphatic rings. The first-order chi connectivity index (χ1) is 11.6. The van der Waals surface area contributed by atoms with E-state index in [1.54, 1.807) is 26.1 Å². The van der Waals surface area contributed by atoms with E-state index in [-0.39, 0.29) is 12.5 Å². The average molecular weight is 332 g/mol. The van der Waals surface area contributed by atoms with E-state index in [1.807, 2.05) is 6.07 Å². The van der Waals surface area contributed by atoms with Crippen molar-refractivity contribution in [2.45, 2.75) is 12.3 Å². The summed E-state index contributed by atoms with van der Waals surface area (Å²) in [7, 11) is 5.17. The number of guanidine groups is 1. The molecule has 0 bridgehead atoms. The van der Waals surface area contributed by atoms with Crippen LogP contribution in [-0.2, 0) is 9.53 Å². The third-order valence-electron chi connectivity index (χ3n) is 4.21. The van der Waals surface area contributed by atoms with Gasteiger partial charge in [-0.1, -0.05) is 30.3 Å². The number of nitrogens with one attached hydrogen (secondary N) is 1. The number of likely N-dealkylation sites (tertiary alicyclic amines) is 1.